The quantitative estimate of drug-likeness (QED) is 0.165. The van der Waals surface area contributed by atoms with Crippen LogP contribution in [0.15, 0.2) is 99.6 Å². The molecular formula is C24H19F9O3S2. The van der Waals surface area contributed by atoms with Crippen LogP contribution < -0.4 is 0 Å². The first-order valence-corrected chi connectivity index (χ1v) is 13.1. The van der Waals surface area contributed by atoms with E-state index < -0.39 is 33.4 Å². The summed E-state index contributed by atoms with van der Waals surface area (Å²) in [5.41, 5.74) is 1.39. The highest BCUT2D eigenvalue weighted by Crippen LogP contribution is 2.54. The summed E-state index contributed by atoms with van der Waals surface area (Å²) < 4.78 is 135. The van der Waals surface area contributed by atoms with Crippen molar-refractivity contribution in [1.82, 2.24) is 0 Å². The van der Waals surface area contributed by atoms with Crippen LogP contribution in [0, 0.1) is 0 Å². The summed E-state index contributed by atoms with van der Waals surface area (Å²) in [6.45, 7) is 2.20. The van der Waals surface area contributed by atoms with Crippen molar-refractivity contribution >= 4 is 21.0 Å². The smallest absolute Gasteiger partial charge is 0.460 e. The summed E-state index contributed by atoms with van der Waals surface area (Å²) in [6, 6.07) is 30.6. The van der Waals surface area contributed by atoms with Crippen molar-refractivity contribution in [1.29, 1.82) is 0 Å². The third-order valence-electron chi connectivity index (χ3n) is 4.95. The van der Waals surface area contributed by atoms with Gasteiger partial charge in [0.05, 0.1) is 10.9 Å². The SMILES string of the molecule is CCc1ccc([S+](c2ccccc2)c2ccccc2)cc1.O=S(=O)([O-])C(F)(F)C(F)(F)C(F)(F)C(F)(F)F. The minimum absolute atomic E-state index is 0.0249. The van der Waals surface area contributed by atoms with Gasteiger partial charge >= 0.3 is 23.3 Å². The minimum Gasteiger partial charge on any atom is -0.743 e. The number of rotatable bonds is 7. The standard InChI is InChI=1S/C20H19S.C4HF9O3S/c1-2-17-13-15-20(16-14-17)21(18-9-5-3-6-10-18)19-11-7-4-8-12-19;5-1(6,3(9,10)11)2(7,8)4(12,13)17(14,15)16/h3-16H,2H2,1H3;(H,14,15,16)/q+1;/p-1. The van der Waals surface area contributed by atoms with Crippen molar-refractivity contribution in [2.45, 2.75) is 51.3 Å². The Morgan fingerprint density at radius 2 is 1.00 bits per heavy atom. The van der Waals surface area contributed by atoms with Crippen LogP contribution in [-0.2, 0) is 27.4 Å². The van der Waals surface area contributed by atoms with Gasteiger partial charge in [-0.2, -0.15) is 39.5 Å². The second kappa shape index (κ2) is 11.6. The molecule has 0 heterocycles. The Hall–Kier alpha value is -2.71. The summed E-state index contributed by atoms with van der Waals surface area (Å²) in [6.07, 6.45) is -6.07. The molecule has 0 aliphatic rings. The van der Waals surface area contributed by atoms with Crippen LogP contribution in [0.25, 0.3) is 0 Å². The van der Waals surface area contributed by atoms with E-state index in [-0.39, 0.29) is 10.9 Å². The fourth-order valence-corrected chi connectivity index (χ4v) is 5.43. The highest BCUT2D eigenvalue weighted by molar-refractivity contribution is 7.97. The predicted molar refractivity (Wildman–Crippen MR) is 121 cm³/mol. The van der Waals surface area contributed by atoms with Gasteiger partial charge in [-0.1, -0.05) is 55.5 Å². The van der Waals surface area contributed by atoms with Gasteiger partial charge in [-0.25, -0.2) is 8.42 Å². The molecule has 208 valence electrons. The van der Waals surface area contributed by atoms with Gasteiger partial charge in [0.2, 0.25) is 0 Å². The zero-order valence-corrected chi connectivity index (χ0v) is 20.9. The van der Waals surface area contributed by atoms with Crippen LogP contribution >= 0.6 is 0 Å². The average Bonchev–Trinajstić information content (AvgIpc) is 2.85. The summed E-state index contributed by atoms with van der Waals surface area (Å²) in [5, 5.41) is -7.11. The van der Waals surface area contributed by atoms with Crippen LogP contribution in [0.1, 0.15) is 12.5 Å². The van der Waals surface area contributed by atoms with Crippen LogP contribution in [-0.4, -0.2) is 36.2 Å². The number of alkyl halides is 9. The molecule has 38 heavy (non-hydrogen) atoms. The zero-order valence-electron chi connectivity index (χ0n) is 19.2. The molecule has 3 nitrogen and oxygen atoms in total. The Labute approximate surface area is 215 Å². The topological polar surface area (TPSA) is 57.2 Å². The maximum atomic E-state index is 12.2. The minimum atomic E-state index is -7.43. The lowest BCUT2D eigenvalue weighted by atomic mass is 10.1. The highest BCUT2D eigenvalue weighted by atomic mass is 32.2. The molecule has 0 spiro atoms. The molecule has 0 aromatic heterocycles. The van der Waals surface area contributed by atoms with E-state index in [0.29, 0.717) is 0 Å². The number of benzene rings is 3. The molecule has 0 saturated carbocycles. The van der Waals surface area contributed by atoms with E-state index in [1.165, 1.54) is 20.2 Å². The number of hydrogen-bond acceptors (Lipinski definition) is 3. The van der Waals surface area contributed by atoms with Crippen LogP contribution in [0.2, 0.25) is 0 Å². The molecule has 0 aliphatic carbocycles. The molecule has 3 aromatic rings. The van der Waals surface area contributed by atoms with Crippen molar-refractivity contribution in [3.63, 3.8) is 0 Å². The Bertz CT molecular complexity index is 1240. The lowest BCUT2D eigenvalue weighted by Crippen LogP contribution is -2.63. The molecule has 0 radical (unpaired) electrons. The second-order valence-corrected chi connectivity index (χ2v) is 11.0. The maximum absolute atomic E-state index is 12.2. The first kappa shape index (κ1) is 31.5. The molecule has 0 N–H and O–H groups in total. The van der Waals surface area contributed by atoms with Crippen molar-refractivity contribution in [3.05, 3.63) is 90.5 Å². The van der Waals surface area contributed by atoms with Crippen LogP contribution in [0.5, 0.6) is 0 Å². The van der Waals surface area contributed by atoms with Gasteiger partial charge in [0.15, 0.2) is 24.8 Å². The first-order valence-electron chi connectivity index (χ1n) is 10.5. The van der Waals surface area contributed by atoms with E-state index in [1.807, 2.05) is 0 Å². The molecule has 0 aliphatic heterocycles. The maximum Gasteiger partial charge on any atom is 0.460 e. The number of hydrogen-bond donors (Lipinski definition) is 0. The molecule has 0 saturated heterocycles. The third kappa shape index (κ3) is 6.46. The number of aryl methyl sites for hydroxylation is 1. The summed E-state index contributed by atoms with van der Waals surface area (Å²) in [4.78, 5) is 4.12. The molecule has 0 unspecified atom stereocenters. The first-order chi connectivity index (χ1) is 17.4. The monoisotopic (exact) mass is 590 g/mol. The summed E-state index contributed by atoms with van der Waals surface area (Å²) in [7, 11) is -7.44. The van der Waals surface area contributed by atoms with E-state index in [2.05, 4.69) is 91.9 Å². The van der Waals surface area contributed by atoms with E-state index in [1.54, 1.807) is 0 Å². The molecule has 0 fully saturated rings. The summed E-state index contributed by atoms with van der Waals surface area (Å²) in [5.74, 6) is -14.8. The Morgan fingerprint density at radius 1 is 0.632 bits per heavy atom. The van der Waals surface area contributed by atoms with E-state index >= 15 is 0 Å². The van der Waals surface area contributed by atoms with Crippen molar-refractivity contribution < 1.29 is 52.5 Å². The normalized spacial score (nSPS) is 13.2. The van der Waals surface area contributed by atoms with Crippen molar-refractivity contribution in [2.75, 3.05) is 0 Å². The van der Waals surface area contributed by atoms with Crippen LogP contribution in [0.4, 0.5) is 39.5 Å². The zero-order chi connectivity index (χ0) is 29.0. The van der Waals surface area contributed by atoms with E-state index in [0.717, 1.165) is 6.42 Å². The van der Waals surface area contributed by atoms with Gasteiger partial charge in [-0.05, 0) is 48.4 Å². The highest BCUT2D eigenvalue weighted by Gasteiger charge is 2.83. The lowest BCUT2D eigenvalue weighted by Gasteiger charge is -2.34. The summed E-state index contributed by atoms with van der Waals surface area (Å²) >= 11 is 0. The van der Waals surface area contributed by atoms with E-state index in [4.69, 9.17) is 0 Å². The van der Waals surface area contributed by atoms with Gasteiger partial charge in [0.25, 0.3) is 0 Å². The Kier molecular flexibility index (Phi) is 9.60. The predicted octanol–water partition coefficient (Wildman–Crippen LogP) is 7.30. The van der Waals surface area contributed by atoms with Crippen LogP contribution in [0.3, 0.4) is 0 Å². The lowest BCUT2D eigenvalue weighted by molar-refractivity contribution is -0.382. The fraction of sp³-hybridized carbons (Fsp3) is 0.250. The Balaban J connectivity index is 0.000000275. The van der Waals surface area contributed by atoms with Crippen molar-refractivity contribution in [2.24, 2.45) is 0 Å². The molecule has 0 amide bonds. The van der Waals surface area contributed by atoms with E-state index in [9.17, 15) is 52.5 Å². The number of halogens is 9. The van der Waals surface area contributed by atoms with Gasteiger partial charge in [0.1, 0.15) is 0 Å². The third-order valence-corrected chi connectivity index (χ3v) is 8.07. The van der Waals surface area contributed by atoms with Gasteiger partial charge < -0.3 is 4.55 Å². The molecule has 0 bridgehead atoms. The average molecular weight is 591 g/mol. The van der Waals surface area contributed by atoms with Gasteiger partial charge in [-0.3, -0.25) is 0 Å². The Morgan fingerprint density at radius 3 is 1.32 bits per heavy atom. The molecule has 3 aromatic carbocycles. The molecular weight excluding hydrogens is 571 g/mol. The molecule has 0 atom stereocenters. The van der Waals surface area contributed by atoms with Gasteiger partial charge in [-0.15, -0.1) is 0 Å². The molecule has 14 heteroatoms. The molecule has 3 rings (SSSR count). The second-order valence-electron chi connectivity index (χ2n) is 7.55. The fourth-order valence-electron chi connectivity index (χ4n) is 2.90. The van der Waals surface area contributed by atoms with Gasteiger partial charge in [0, 0.05) is 0 Å². The largest absolute Gasteiger partial charge is 0.743 e. The van der Waals surface area contributed by atoms with Crippen molar-refractivity contribution in [3.8, 4) is 0 Å².